The van der Waals surface area contributed by atoms with Gasteiger partial charge in [-0.15, -0.1) is 12.6 Å². The van der Waals surface area contributed by atoms with Crippen molar-refractivity contribution in [1.82, 2.24) is 9.97 Å². The Hall–Kier alpha value is -2.08. The zero-order chi connectivity index (χ0) is 15.3. The van der Waals surface area contributed by atoms with E-state index >= 15 is 0 Å². The van der Waals surface area contributed by atoms with E-state index in [0.717, 1.165) is 17.1 Å². The van der Waals surface area contributed by atoms with Crippen molar-refractivity contribution in [2.24, 2.45) is 0 Å². The monoisotopic (exact) mass is 313 g/mol. The van der Waals surface area contributed by atoms with Crippen molar-refractivity contribution in [1.29, 1.82) is 0 Å². The molecular formula is C16H15N3O2S. The Bertz CT molecular complexity index is 756. The summed E-state index contributed by atoms with van der Waals surface area (Å²) in [6.07, 6.45) is 5.71. The smallest absolute Gasteiger partial charge is 0.337 e. The fraction of sp³-hybridized carbons (Fsp3) is 0.312. The Balaban J connectivity index is 1.81. The highest BCUT2D eigenvalue weighted by Gasteiger charge is 2.52. The maximum atomic E-state index is 11.8. The van der Waals surface area contributed by atoms with E-state index in [9.17, 15) is 4.79 Å². The molecule has 112 valence electrons. The van der Waals surface area contributed by atoms with Crippen LogP contribution in [0.1, 0.15) is 28.8 Å². The standard InChI is InChI=1S/C16H15N3O2S/c1-21-14(20)10-2-3-12-13(6-10)19(9-16(12)4-5-16)15-17-7-11(22)8-18-15/h2-3,6-8,22H,4-5,9H2,1H3. The van der Waals surface area contributed by atoms with Gasteiger partial charge < -0.3 is 9.64 Å². The van der Waals surface area contributed by atoms with E-state index in [-0.39, 0.29) is 11.4 Å². The number of nitrogens with zero attached hydrogens (tertiary/aromatic N) is 3. The lowest BCUT2D eigenvalue weighted by atomic mass is 9.97. The number of fused-ring (bicyclic) bond motifs is 2. The van der Waals surface area contributed by atoms with E-state index in [2.05, 4.69) is 27.5 Å². The molecule has 1 aromatic heterocycles. The summed E-state index contributed by atoms with van der Waals surface area (Å²) in [5.41, 5.74) is 3.04. The van der Waals surface area contributed by atoms with E-state index in [1.165, 1.54) is 25.5 Å². The Morgan fingerprint density at radius 2 is 2.05 bits per heavy atom. The van der Waals surface area contributed by atoms with Gasteiger partial charge in [0.05, 0.1) is 12.7 Å². The van der Waals surface area contributed by atoms with E-state index in [1.54, 1.807) is 12.4 Å². The van der Waals surface area contributed by atoms with Gasteiger partial charge in [0.1, 0.15) is 0 Å². The molecule has 0 bridgehead atoms. The number of ether oxygens (including phenoxy) is 1. The first-order valence-electron chi connectivity index (χ1n) is 7.14. The summed E-state index contributed by atoms with van der Waals surface area (Å²) >= 11 is 4.23. The highest BCUT2D eigenvalue weighted by atomic mass is 32.1. The molecule has 1 aliphatic heterocycles. The first-order chi connectivity index (χ1) is 10.6. The van der Waals surface area contributed by atoms with Crippen LogP contribution in [0.2, 0.25) is 0 Å². The molecule has 1 aromatic carbocycles. The van der Waals surface area contributed by atoms with Crippen LogP contribution in [0.3, 0.4) is 0 Å². The van der Waals surface area contributed by atoms with Gasteiger partial charge in [0, 0.05) is 34.9 Å². The van der Waals surface area contributed by atoms with Crippen molar-refractivity contribution in [2.75, 3.05) is 18.6 Å². The molecule has 4 rings (SSSR count). The van der Waals surface area contributed by atoms with Crippen molar-refractivity contribution in [3.63, 3.8) is 0 Å². The van der Waals surface area contributed by atoms with Crippen molar-refractivity contribution >= 4 is 30.2 Å². The minimum atomic E-state index is -0.328. The number of anilines is 2. The van der Waals surface area contributed by atoms with Crippen LogP contribution in [0.5, 0.6) is 0 Å². The lowest BCUT2D eigenvalue weighted by molar-refractivity contribution is 0.0601. The number of hydrogen-bond donors (Lipinski definition) is 1. The molecule has 0 atom stereocenters. The summed E-state index contributed by atoms with van der Waals surface area (Å²) in [6.45, 7) is 0.860. The summed E-state index contributed by atoms with van der Waals surface area (Å²) in [5.74, 6) is 0.316. The van der Waals surface area contributed by atoms with E-state index in [0.29, 0.717) is 11.5 Å². The second-order valence-corrected chi connectivity index (χ2v) is 6.35. The average Bonchev–Trinajstić information content (AvgIpc) is 3.25. The quantitative estimate of drug-likeness (QED) is 0.682. The number of thiol groups is 1. The molecule has 0 radical (unpaired) electrons. The lowest BCUT2D eigenvalue weighted by Gasteiger charge is -2.17. The van der Waals surface area contributed by atoms with Crippen LogP contribution in [0.25, 0.3) is 0 Å². The van der Waals surface area contributed by atoms with Crippen molar-refractivity contribution in [2.45, 2.75) is 23.2 Å². The molecule has 0 unspecified atom stereocenters. The van der Waals surface area contributed by atoms with Crippen molar-refractivity contribution in [3.8, 4) is 0 Å². The number of carbonyl (C=O) groups excluding carboxylic acids is 1. The SMILES string of the molecule is COC(=O)c1ccc2c(c1)N(c1ncc(S)cn1)CC21CC1. The Kier molecular flexibility index (Phi) is 2.91. The molecule has 22 heavy (non-hydrogen) atoms. The van der Waals surface area contributed by atoms with Crippen LogP contribution in [0, 0.1) is 0 Å². The summed E-state index contributed by atoms with van der Waals surface area (Å²) in [7, 11) is 1.39. The van der Waals surface area contributed by atoms with Gasteiger partial charge in [0.15, 0.2) is 0 Å². The van der Waals surface area contributed by atoms with Crippen molar-refractivity contribution < 1.29 is 9.53 Å². The minimum absolute atomic E-state index is 0.201. The summed E-state index contributed by atoms with van der Waals surface area (Å²) in [5, 5.41) is 0. The average molecular weight is 313 g/mol. The third kappa shape index (κ3) is 1.98. The molecule has 1 spiro atoms. The normalized spacial score (nSPS) is 17.5. The van der Waals surface area contributed by atoms with Gasteiger partial charge in [-0.2, -0.15) is 0 Å². The number of esters is 1. The Labute approximate surface area is 133 Å². The van der Waals surface area contributed by atoms with Crippen LogP contribution in [-0.4, -0.2) is 29.6 Å². The molecule has 2 heterocycles. The third-order valence-electron chi connectivity index (χ3n) is 4.46. The van der Waals surface area contributed by atoms with Gasteiger partial charge in [-0.05, 0) is 30.5 Å². The van der Waals surface area contributed by atoms with Gasteiger partial charge in [-0.3, -0.25) is 0 Å². The number of rotatable bonds is 2. The van der Waals surface area contributed by atoms with Crippen LogP contribution in [0.4, 0.5) is 11.6 Å². The van der Waals surface area contributed by atoms with E-state index in [4.69, 9.17) is 4.74 Å². The predicted molar refractivity (Wildman–Crippen MR) is 85.0 cm³/mol. The molecule has 2 aliphatic rings. The Morgan fingerprint density at radius 1 is 1.32 bits per heavy atom. The number of benzene rings is 1. The minimum Gasteiger partial charge on any atom is -0.465 e. The maximum Gasteiger partial charge on any atom is 0.337 e. The molecule has 6 heteroatoms. The Morgan fingerprint density at radius 3 is 2.68 bits per heavy atom. The summed E-state index contributed by atoms with van der Waals surface area (Å²) in [6, 6.07) is 5.76. The highest BCUT2D eigenvalue weighted by Crippen LogP contribution is 2.57. The molecule has 1 saturated carbocycles. The molecular weight excluding hydrogens is 298 g/mol. The first kappa shape index (κ1) is 13.6. The molecule has 0 amide bonds. The third-order valence-corrected chi connectivity index (χ3v) is 4.69. The predicted octanol–water partition coefficient (Wildman–Crippen LogP) is 2.74. The zero-order valence-electron chi connectivity index (χ0n) is 12.1. The zero-order valence-corrected chi connectivity index (χ0v) is 13.0. The molecule has 1 aliphatic carbocycles. The largest absolute Gasteiger partial charge is 0.465 e. The number of hydrogen-bond acceptors (Lipinski definition) is 6. The molecule has 0 N–H and O–H groups in total. The van der Waals surface area contributed by atoms with Gasteiger partial charge in [0.25, 0.3) is 0 Å². The molecule has 2 aromatic rings. The van der Waals surface area contributed by atoms with E-state index in [1.807, 2.05) is 18.2 Å². The fourth-order valence-electron chi connectivity index (χ4n) is 3.13. The van der Waals surface area contributed by atoms with Gasteiger partial charge in [-0.25, -0.2) is 14.8 Å². The molecule has 5 nitrogen and oxygen atoms in total. The fourth-order valence-corrected chi connectivity index (χ4v) is 3.25. The highest BCUT2D eigenvalue weighted by molar-refractivity contribution is 7.80. The second-order valence-electron chi connectivity index (χ2n) is 5.83. The van der Waals surface area contributed by atoms with Crippen LogP contribution >= 0.6 is 12.6 Å². The van der Waals surface area contributed by atoms with Crippen LogP contribution in [0.15, 0.2) is 35.5 Å². The van der Waals surface area contributed by atoms with Gasteiger partial charge in [-0.1, -0.05) is 6.07 Å². The first-order valence-corrected chi connectivity index (χ1v) is 7.59. The number of methoxy groups -OCH3 is 1. The van der Waals surface area contributed by atoms with Gasteiger partial charge >= 0.3 is 5.97 Å². The number of aromatic nitrogens is 2. The van der Waals surface area contributed by atoms with Crippen LogP contribution < -0.4 is 4.90 Å². The second kappa shape index (κ2) is 4.71. The summed E-state index contributed by atoms with van der Waals surface area (Å²) < 4.78 is 4.82. The number of carbonyl (C=O) groups is 1. The lowest BCUT2D eigenvalue weighted by Crippen LogP contribution is -2.21. The molecule has 0 saturated heterocycles. The van der Waals surface area contributed by atoms with Crippen LogP contribution in [-0.2, 0) is 10.2 Å². The topological polar surface area (TPSA) is 55.3 Å². The maximum absolute atomic E-state index is 11.8. The summed E-state index contributed by atoms with van der Waals surface area (Å²) in [4.78, 5) is 23.3. The van der Waals surface area contributed by atoms with Crippen molar-refractivity contribution in [3.05, 3.63) is 41.7 Å². The van der Waals surface area contributed by atoms with Gasteiger partial charge in [0.2, 0.25) is 5.95 Å². The van der Waals surface area contributed by atoms with E-state index < -0.39 is 0 Å². The molecule has 1 fully saturated rings.